The fourth-order valence-electron chi connectivity index (χ4n) is 1.87. The molecule has 2 rings (SSSR count). The summed E-state index contributed by atoms with van der Waals surface area (Å²) < 4.78 is 13.2. The van der Waals surface area contributed by atoms with Crippen LogP contribution in [0.15, 0.2) is 36.4 Å². The normalized spacial score (nSPS) is 10.4. The first-order valence-electron chi connectivity index (χ1n) is 5.20. The smallest absolute Gasteiger partial charge is 0.123 e. The van der Waals surface area contributed by atoms with Gasteiger partial charge in [-0.25, -0.2) is 4.39 Å². The summed E-state index contributed by atoms with van der Waals surface area (Å²) in [5.74, 6) is -0.222. The predicted molar refractivity (Wildman–Crippen MR) is 65.7 cm³/mol. The minimum atomic E-state index is -0.222. The first kappa shape index (κ1) is 10.7. The molecule has 2 heteroatoms. The van der Waals surface area contributed by atoms with Gasteiger partial charge in [-0.05, 0) is 60.4 Å². The van der Waals surface area contributed by atoms with Crippen LogP contribution in [0.1, 0.15) is 11.1 Å². The molecule has 0 unspecified atom stereocenters. The number of nitrogen functional groups attached to an aromatic ring is 1. The molecule has 0 spiro atoms. The summed E-state index contributed by atoms with van der Waals surface area (Å²) in [4.78, 5) is 0. The van der Waals surface area contributed by atoms with Crippen LogP contribution in [0.4, 0.5) is 10.1 Å². The van der Waals surface area contributed by atoms with E-state index in [-0.39, 0.29) is 5.82 Å². The highest BCUT2D eigenvalue weighted by Gasteiger charge is 2.04. The Morgan fingerprint density at radius 3 is 2.44 bits per heavy atom. The average Bonchev–Trinajstić information content (AvgIpc) is 2.20. The Hall–Kier alpha value is -1.83. The third-order valence-corrected chi connectivity index (χ3v) is 2.61. The summed E-state index contributed by atoms with van der Waals surface area (Å²) >= 11 is 0. The molecule has 0 amide bonds. The number of anilines is 1. The Balaban J connectivity index is 2.62. The molecule has 0 saturated heterocycles. The number of halogens is 1. The van der Waals surface area contributed by atoms with Crippen LogP contribution in [0.2, 0.25) is 0 Å². The molecule has 2 aromatic rings. The Morgan fingerprint density at radius 2 is 1.75 bits per heavy atom. The van der Waals surface area contributed by atoms with Crippen LogP contribution >= 0.6 is 0 Å². The van der Waals surface area contributed by atoms with Gasteiger partial charge < -0.3 is 5.73 Å². The molecule has 0 radical (unpaired) electrons. The van der Waals surface area contributed by atoms with Gasteiger partial charge in [-0.15, -0.1) is 0 Å². The van der Waals surface area contributed by atoms with E-state index in [0.717, 1.165) is 22.3 Å². The van der Waals surface area contributed by atoms with Gasteiger partial charge in [0.1, 0.15) is 5.82 Å². The maximum atomic E-state index is 13.2. The lowest BCUT2D eigenvalue weighted by molar-refractivity contribution is 0.628. The van der Waals surface area contributed by atoms with Crippen molar-refractivity contribution in [2.75, 3.05) is 5.73 Å². The standard InChI is InChI=1S/C14H14FN/c1-9-5-11(7-13(16)6-9)14-8-12(15)4-3-10(14)2/h3-8H,16H2,1-2H3. The second-order valence-electron chi connectivity index (χ2n) is 4.09. The number of rotatable bonds is 1. The summed E-state index contributed by atoms with van der Waals surface area (Å²) in [7, 11) is 0. The van der Waals surface area contributed by atoms with Crippen LogP contribution in [0.5, 0.6) is 0 Å². The molecular formula is C14H14FN. The van der Waals surface area contributed by atoms with Crippen molar-refractivity contribution in [2.45, 2.75) is 13.8 Å². The molecule has 0 fully saturated rings. The van der Waals surface area contributed by atoms with Gasteiger partial charge in [-0.3, -0.25) is 0 Å². The molecule has 0 bridgehead atoms. The number of nitrogens with two attached hydrogens (primary N) is 1. The number of hydrogen-bond acceptors (Lipinski definition) is 1. The minimum absolute atomic E-state index is 0.222. The average molecular weight is 215 g/mol. The molecule has 82 valence electrons. The van der Waals surface area contributed by atoms with Crippen LogP contribution in [0.3, 0.4) is 0 Å². The highest BCUT2D eigenvalue weighted by molar-refractivity contribution is 5.71. The molecule has 0 atom stereocenters. The molecule has 0 aliphatic heterocycles. The highest BCUT2D eigenvalue weighted by Crippen LogP contribution is 2.27. The summed E-state index contributed by atoms with van der Waals surface area (Å²) in [6.07, 6.45) is 0. The molecule has 2 aromatic carbocycles. The molecular weight excluding hydrogens is 201 g/mol. The van der Waals surface area contributed by atoms with Gasteiger partial charge in [0.15, 0.2) is 0 Å². The zero-order chi connectivity index (χ0) is 11.7. The van der Waals surface area contributed by atoms with Crippen LogP contribution < -0.4 is 5.73 Å². The molecule has 0 aromatic heterocycles. The van der Waals surface area contributed by atoms with E-state index in [0.29, 0.717) is 5.69 Å². The largest absolute Gasteiger partial charge is 0.399 e. The van der Waals surface area contributed by atoms with E-state index < -0.39 is 0 Å². The minimum Gasteiger partial charge on any atom is -0.399 e. The first-order chi connectivity index (χ1) is 7.56. The van der Waals surface area contributed by atoms with Crippen molar-refractivity contribution in [2.24, 2.45) is 0 Å². The molecule has 0 heterocycles. The monoisotopic (exact) mass is 215 g/mol. The van der Waals surface area contributed by atoms with Gasteiger partial charge >= 0.3 is 0 Å². The lowest BCUT2D eigenvalue weighted by atomic mass is 9.98. The predicted octanol–water partition coefficient (Wildman–Crippen LogP) is 3.69. The second-order valence-corrected chi connectivity index (χ2v) is 4.09. The lowest BCUT2D eigenvalue weighted by Crippen LogP contribution is -1.90. The van der Waals surface area contributed by atoms with Gasteiger partial charge in [0.05, 0.1) is 0 Å². The first-order valence-corrected chi connectivity index (χ1v) is 5.20. The molecule has 0 aliphatic rings. The topological polar surface area (TPSA) is 26.0 Å². The van der Waals surface area contributed by atoms with Gasteiger partial charge in [-0.1, -0.05) is 12.1 Å². The quantitative estimate of drug-likeness (QED) is 0.721. The second kappa shape index (κ2) is 3.97. The van der Waals surface area contributed by atoms with E-state index in [1.54, 1.807) is 12.1 Å². The number of aryl methyl sites for hydroxylation is 2. The van der Waals surface area contributed by atoms with Gasteiger partial charge in [0, 0.05) is 5.69 Å². The van der Waals surface area contributed by atoms with Crippen molar-refractivity contribution in [3.05, 3.63) is 53.3 Å². The highest BCUT2D eigenvalue weighted by atomic mass is 19.1. The molecule has 0 saturated carbocycles. The Kier molecular flexibility index (Phi) is 2.65. The van der Waals surface area contributed by atoms with E-state index in [2.05, 4.69) is 0 Å². The van der Waals surface area contributed by atoms with Crippen LogP contribution in [-0.2, 0) is 0 Å². The van der Waals surface area contributed by atoms with E-state index >= 15 is 0 Å². The van der Waals surface area contributed by atoms with Crippen molar-refractivity contribution < 1.29 is 4.39 Å². The SMILES string of the molecule is Cc1cc(N)cc(-c2cc(F)ccc2C)c1. The Bertz CT molecular complexity index is 512. The lowest BCUT2D eigenvalue weighted by Gasteiger charge is -2.08. The third-order valence-electron chi connectivity index (χ3n) is 2.61. The fraction of sp³-hybridized carbons (Fsp3) is 0.143. The summed E-state index contributed by atoms with van der Waals surface area (Å²) in [5.41, 5.74) is 10.5. The maximum Gasteiger partial charge on any atom is 0.123 e. The van der Waals surface area contributed by atoms with Gasteiger partial charge in [0.25, 0.3) is 0 Å². The maximum absolute atomic E-state index is 13.2. The summed E-state index contributed by atoms with van der Waals surface area (Å²) in [6, 6.07) is 10.6. The van der Waals surface area contributed by atoms with Crippen molar-refractivity contribution in [1.29, 1.82) is 0 Å². The Morgan fingerprint density at radius 1 is 1.00 bits per heavy atom. The molecule has 1 nitrogen and oxygen atoms in total. The number of hydrogen-bond donors (Lipinski definition) is 1. The van der Waals surface area contributed by atoms with E-state index in [9.17, 15) is 4.39 Å². The van der Waals surface area contributed by atoms with Crippen molar-refractivity contribution in [1.82, 2.24) is 0 Å². The van der Waals surface area contributed by atoms with Crippen molar-refractivity contribution in [3.8, 4) is 11.1 Å². The molecule has 0 aliphatic carbocycles. The molecule has 16 heavy (non-hydrogen) atoms. The van der Waals surface area contributed by atoms with Crippen LogP contribution in [0.25, 0.3) is 11.1 Å². The molecule has 2 N–H and O–H groups in total. The summed E-state index contributed by atoms with van der Waals surface area (Å²) in [6.45, 7) is 3.95. The fourth-order valence-corrected chi connectivity index (χ4v) is 1.87. The van der Waals surface area contributed by atoms with Crippen LogP contribution in [0, 0.1) is 19.7 Å². The van der Waals surface area contributed by atoms with Gasteiger partial charge in [0.2, 0.25) is 0 Å². The Labute approximate surface area is 94.7 Å². The van der Waals surface area contributed by atoms with Gasteiger partial charge in [-0.2, -0.15) is 0 Å². The number of benzene rings is 2. The third kappa shape index (κ3) is 2.06. The van der Waals surface area contributed by atoms with Crippen molar-refractivity contribution >= 4 is 5.69 Å². The summed E-state index contributed by atoms with van der Waals surface area (Å²) in [5, 5.41) is 0. The van der Waals surface area contributed by atoms with E-state index in [1.807, 2.05) is 32.0 Å². The van der Waals surface area contributed by atoms with E-state index in [4.69, 9.17) is 5.73 Å². The zero-order valence-electron chi connectivity index (χ0n) is 9.42. The zero-order valence-corrected chi connectivity index (χ0v) is 9.42. The van der Waals surface area contributed by atoms with Crippen molar-refractivity contribution in [3.63, 3.8) is 0 Å². The van der Waals surface area contributed by atoms with E-state index in [1.165, 1.54) is 6.07 Å². The van der Waals surface area contributed by atoms with Crippen LogP contribution in [-0.4, -0.2) is 0 Å².